The number of halogens is 2. The van der Waals surface area contributed by atoms with Crippen LogP contribution in [0.25, 0.3) is 6.08 Å². The van der Waals surface area contributed by atoms with Gasteiger partial charge in [0.05, 0.1) is 5.56 Å². The van der Waals surface area contributed by atoms with Crippen LogP contribution in [0.5, 0.6) is 5.75 Å². The Hall–Kier alpha value is -3.25. The van der Waals surface area contributed by atoms with Crippen LogP contribution in [0.15, 0.2) is 88.0 Å². The van der Waals surface area contributed by atoms with E-state index in [1.54, 1.807) is 18.2 Å². The summed E-state index contributed by atoms with van der Waals surface area (Å²) in [7, 11) is 0. The lowest BCUT2D eigenvalue weighted by Crippen LogP contribution is -2.07. The highest BCUT2D eigenvalue weighted by molar-refractivity contribution is 9.10. The molecule has 0 fully saturated rings. The van der Waals surface area contributed by atoms with Crippen LogP contribution in [0.4, 0.5) is 4.39 Å². The van der Waals surface area contributed by atoms with E-state index in [4.69, 9.17) is 9.47 Å². The van der Waals surface area contributed by atoms with Crippen LogP contribution in [-0.4, -0.2) is 11.9 Å². The lowest BCUT2D eigenvalue weighted by atomic mass is 10.2. The van der Waals surface area contributed by atoms with Crippen molar-refractivity contribution < 1.29 is 18.7 Å². The van der Waals surface area contributed by atoms with E-state index in [1.165, 1.54) is 12.1 Å². The molecule has 1 heterocycles. The summed E-state index contributed by atoms with van der Waals surface area (Å²) < 4.78 is 25.8. The topological polar surface area (TPSA) is 47.9 Å². The minimum atomic E-state index is -0.613. The van der Waals surface area contributed by atoms with E-state index in [0.29, 0.717) is 12.4 Å². The molecule has 3 aromatic carbocycles. The first-order valence-corrected chi connectivity index (χ1v) is 9.62. The monoisotopic (exact) mass is 451 g/mol. The number of rotatable bonds is 5. The van der Waals surface area contributed by atoms with Crippen molar-refractivity contribution in [1.29, 1.82) is 0 Å². The molecule has 0 saturated heterocycles. The summed E-state index contributed by atoms with van der Waals surface area (Å²) in [6.07, 6.45) is 1.59. The molecule has 0 spiro atoms. The van der Waals surface area contributed by atoms with Gasteiger partial charge in [-0.05, 0) is 53.6 Å². The lowest BCUT2D eigenvalue weighted by Gasteiger charge is -2.07. The molecule has 4 nitrogen and oxygen atoms in total. The van der Waals surface area contributed by atoms with Crippen molar-refractivity contribution >= 4 is 33.9 Å². The zero-order chi connectivity index (χ0) is 20.2. The number of cyclic esters (lactones) is 1. The van der Waals surface area contributed by atoms with Gasteiger partial charge >= 0.3 is 5.97 Å². The number of carbonyl (C=O) groups is 1. The summed E-state index contributed by atoms with van der Waals surface area (Å²) in [6.45, 7) is 0.447. The zero-order valence-electron chi connectivity index (χ0n) is 15.1. The summed E-state index contributed by atoms with van der Waals surface area (Å²) in [5.74, 6) is -0.435. The maximum Gasteiger partial charge on any atom is 0.363 e. The second kappa shape index (κ2) is 8.41. The lowest BCUT2D eigenvalue weighted by molar-refractivity contribution is -0.129. The fourth-order valence-corrected chi connectivity index (χ4v) is 3.22. The fraction of sp³-hybridized carbons (Fsp3) is 0.0435. The van der Waals surface area contributed by atoms with Gasteiger partial charge in [-0.25, -0.2) is 14.2 Å². The highest BCUT2D eigenvalue weighted by Crippen LogP contribution is 2.22. The summed E-state index contributed by atoms with van der Waals surface area (Å²) in [5.41, 5.74) is 2.08. The fourth-order valence-electron chi connectivity index (χ4n) is 2.77. The normalized spacial score (nSPS) is 14.6. The molecule has 0 aromatic heterocycles. The van der Waals surface area contributed by atoms with E-state index in [1.807, 2.05) is 48.5 Å². The van der Waals surface area contributed by atoms with Crippen molar-refractivity contribution in [3.05, 3.63) is 105 Å². The van der Waals surface area contributed by atoms with Crippen LogP contribution in [0.3, 0.4) is 0 Å². The van der Waals surface area contributed by atoms with E-state index >= 15 is 0 Å². The average molecular weight is 452 g/mol. The summed E-state index contributed by atoms with van der Waals surface area (Å²) in [5, 5.41) is 0. The Bertz CT molecular complexity index is 1120. The molecule has 3 aromatic rings. The number of hydrogen-bond donors (Lipinski definition) is 0. The van der Waals surface area contributed by atoms with E-state index in [-0.39, 0.29) is 17.2 Å². The summed E-state index contributed by atoms with van der Waals surface area (Å²) in [6, 6.07) is 21.2. The Morgan fingerprint density at radius 2 is 1.83 bits per heavy atom. The number of carbonyl (C=O) groups excluding carboxylic acids is 1. The molecule has 0 radical (unpaired) electrons. The van der Waals surface area contributed by atoms with Gasteiger partial charge in [-0.3, -0.25) is 0 Å². The number of aliphatic imine (C=N–C) groups is 1. The van der Waals surface area contributed by atoms with Gasteiger partial charge in [0, 0.05) is 4.47 Å². The summed E-state index contributed by atoms with van der Waals surface area (Å²) >= 11 is 3.44. The predicted molar refractivity (Wildman–Crippen MR) is 112 cm³/mol. The minimum absolute atomic E-state index is 0.0340. The van der Waals surface area contributed by atoms with Crippen LogP contribution in [-0.2, 0) is 16.1 Å². The Balaban J connectivity index is 1.47. The maximum absolute atomic E-state index is 13.9. The van der Waals surface area contributed by atoms with Gasteiger partial charge in [0.25, 0.3) is 0 Å². The Labute approximate surface area is 175 Å². The predicted octanol–water partition coefficient (Wildman–Crippen LogP) is 5.51. The maximum atomic E-state index is 13.9. The van der Waals surface area contributed by atoms with Crippen LogP contribution >= 0.6 is 15.9 Å². The van der Waals surface area contributed by atoms with Crippen molar-refractivity contribution in [1.82, 2.24) is 0 Å². The third kappa shape index (κ3) is 4.60. The molecule has 1 aliphatic rings. The first kappa shape index (κ1) is 19.1. The van der Waals surface area contributed by atoms with Gasteiger partial charge in [-0.1, -0.05) is 52.3 Å². The molecule has 0 bridgehead atoms. The minimum Gasteiger partial charge on any atom is -0.489 e. The standard InChI is InChI=1S/C23H15BrFNO3/c24-17-5-3-4-16(12-17)14-28-18-10-8-15(9-11-18)13-21-23(27)29-22(26-21)19-6-1-2-7-20(19)25/h1-13H,14H2/b21-13-. The Morgan fingerprint density at radius 3 is 2.59 bits per heavy atom. The number of hydrogen-bond acceptors (Lipinski definition) is 4. The molecular formula is C23H15BrFNO3. The van der Waals surface area contributed by atoms with Gasteiger partial charge in [0.1, 0.15) is 18.2 Å². The number of ether oxygens (including phenoxy) is 2. The highest BCUT2D eigenvalue weighted by atomic mass is 79.9. The van der Waals surface area contributed by atoms with Crippen molar-refractivity contribution in [3.8, 4) is 5.75 Å². The van der Waals surface area contributed by atoms with Crippen LogP contribution < -0.4 is 4.74 Å². The van der Waals surface area contributed by atoms with E-state index in [0.717, 1.165) is 15.6 Å². The van der Waals surface area contributed by atoms with Crippen molar-refractivity contribution in [2.45, 2.75) is 6.61 Å². The summed E-state index contributed by atoms with van der Waals surface area (Å²) in [4.78, 5) is 16.2. The van der Waals surface area contributed by atoms with Crippen molar-refractivity contribution in [3.63, 3.8) is 0 Å². The van der Waals surface area contributed by atoms with Gasteiger partial charge in [0.15, 0.2) is 5.70 Å². The largest absolute Gasteiger partial charge is 0.489 e. The molecule has 29 heavy (non-hydrogen) atoms. The van der Waals surface area contributed by atoms with E-state index < -0.39 is 11.8 Å². The highest BCUT2D eigenvalue weighted by Gasteiger charge is 2.25. The van der Waals surface area contributed by atoms with Gasteiger partial charge in [-0.15, -0.1) is 0 Å². The first-order chi connectivity index (χ1) is 14.1. The number of benzene rings is 3. The zero-order valence-corrected chi connectivity index (χ0v) is 16.7. The second-order valence-corrected chi connectivity index (χ2v) is 7.22. The van der Waals surface area contributed by atoms with Crippen LogP contribution in [0, 0.1) is 5.82 Å². The molecule has 1 aliphatic heterocycles. The van der Waals surface area contributed by atoms with Gasteiger partial charge in [-0.2, -0.15) is 0 Å². The quantitative estimate of drug-likeness (QED) is 0.379. The smallest absolute Gasteiger partial charge is 0.363 e. The number of nitrogens with zero attached hydrogens (tertiary/aromatic N) is 1. The average Bonchev–Trinajstić information content (AvgIpc) is 3.08. The Kier molecular flexibility index (Phi) is 5.53. The van der Waals surface area contributed by atoms with E-state index in [9.17, 15) is 9.18 Å². The molecule has 0 N–H and O–H groups in total. The molecule has 0 aliphatic carbocycles. The van der Waals surface area contributed by atoms with Crippen LogP contribution in [0.1, 0.15) is 16.7 Å². The van der Waals surface area contributed by atoms with Crippen molar-refractivity contribution in [2.24, 2.45) is 4.99 Å². The third-order valence-electron chi connectivity index (χ3n) is 4.20. The molecule has 144 valence electrons. The Morgan fingerprint density at radius 1 is 1.03 bits per heavy atom. The molecule has 0 atom stereocenters. The third-order valence-corrected chi connectivity index (χ3v) is 4.70. The molecule has 0 unspecified atom stereocenters. The first-order valence-electron chi connectivity index (χ1n) is 8.83. The SMILES string of the molecule is O=C1OC(c2ccccc2F)=N/C1=C\c1ccc(OCc2cccc(Br)c2)cc1. The molecular weight excluding hydrogens is 437 g/mol. The second-order valence-electron chi connectivity index (χ2n) is 6.30. The van der Waals surface area contributed by atoms with E-state index in [2.05, 4.69) is 20.9 Å². The molecule has 0 saturated carbocycles. The van der Waals surface area contributed by atoms with Crippen molar-refractivity contribution in [2.75, 3.05) is 0 Å². The molecule has 0 amide bonds. The van der Waals surface area contributed by atoms with Crippen LogP contribution in [0.2, 0.25) is 0 Å². The van der Waals surface area contributed by atoms with Gasteiger partial charge in [0.2, 0.25) is 5.90 Å². The molecule has 4 rings (SSSR count). The molecule has 6 heteroatoms. The van der Waals surface area contributed by atoms with Gasteiger partial charge < -0.3 is 9.47 Å². The number of esters is 1.